The van der Waals surface area contributed by atoms with Crippen LogP contribution < -0.4 is 0 Å². The largest absolute Gasteiger partial charge is 0.466 e. The molecule has 4 heteroatoms. The van der Waals surface area contributed by atoms with Crippen LogP contribution in [0.3, 0.4) is 0 Å². The third kappa shape index (κ3) is 2.13. The summed E-state index contributed by atoms with van der Waals surface area (Å²) in [6, 6.07) is 0. The number of carbonyl (C=O) groups is 2. The van der Waals surface area contributed by atoms with Gasteiger partial charge in [0.2, 0.25) is 0 Å². The zero-order chi connectivity index (χ0) is 10.6. The van der Waals surface area contributed by atoms with Crippen LogP contribution in [0.25, 0.3) is 0 Å². The first kappa shape index (κ1) is 10.8. The lowest BCUT2D eigenvalue weighted by Gasteiger charge is -2.23. The van der Waals surface area contributed by atoms with E-state index in [0.717, 1.165) is 0 Å². The molecule has 0 aromatic rings. The van der Waals surface area contributed by atoms with Crippen molar-refractivity contribution in [2.45, 2.75) is 20.3 Å². The highest BCUT2D eigenvalue weighted by Crippen LogP contribution is 2.29. The third-order valence-electron chi connectivity index (χ3n) is 2.03. The third-order valence-corrected chi connectivity index (χ3v) is 2.03. The molecular weight excluding hydrogens is 184 g/mol. The molecule has 0 heterocycles. The molecule has 0 amide bonds. The molecule has 0 fully saturated rings. The summed E-state index contributed by atoms with van der Waals surface area (Å²) >= 11 is 0. The molecule has 0 aromatic heterocycles. The quantitative estimate of drug-likeness (QED) is 0.634. The number of ether oxygens (including phenoxy) is 2. The van der Waals surface area contributed by atoms with E-state index in [0.29, 0.717) is 25.2 Å². The van der Waals surface area contributed by atoms with Gasteiger partial charge < -0.3 is 9.47 Å². The fourth-order valence-electron chi connectivity index (χ4n) is 1.26. The smallest absolute Gasteiger partial charge is 0.334 e. The van der Waals surface area contributed by atoms with Crippen molar-refractivity contribution in [3.63, 3.8) is 0 Å². The number of hydrogen-bond donors (Lipinski definition) is 0. The molecule has 0 aliphatic heterocycles. The van der Waals surface area contributed by atoms with Crippen molar-refractivity contribution < 1.29 is 19.1 Å². The zero-order valence-corrected chi connectivity index (χ0v) is 8.41. The van der Waals surface area contributed by atoms with Crippen LogP contribution in [0.1, 0.15) is 20.3 Å². The normalized spacial score (nSPS) is 19.3. The van der Waals surface area contributed by atoms with Crippen molar-refractivity contribution >= 4 is 11.9 Å². The highest BCUT2D eigenvalue weighted by molar-refractivity contribution is 5.97. The average molecular weight is 198 g/mol. The van der Waals surface area contributed by atoms with Crippen molar-refractivity contribution in [3.8, 4) is 0 Å². The summed E-state index contributed by atoms with van der Waals surface area (Å²) in [5.74, 6) is -1.15. The van der Waals surface area contributed by atoms with Crippen LogP contribution in [0.4, 0.5) is 0 Å². The van der Waals surface area contributed by atoms with Crippen LogP contribution in [0, 0.1) is 5.92 Å². The molecule has 1 unspecified atom stereocenters. The molecule has 0 saturated heterocycles. The van der Waals surface area contributed by atoms with Crippen molar-refractivity contribution in [1.82, 2.24) is 0 Å². The topological polar surface area (TPSA) is 52.6 Å². The lowest BCUT2D eigenvalue weighted by Crippen LogP contribution is -2.30. The fourth-order valence-corrected chi connectivity index (χ4v) is 1.26. The van der Waals surface area contributed by atoms with Gasteiger partial charge in [-0.3, -0.25) is 4.79 Å². The van der Waals surface area contributed by atoms with E-state index in [1.54, 1.807) is 19.9 Å². The molecule has 0 saturated carbocycles. The van der Waals surface area contributed by atoms with Gasteiger partial charge in [0.15, 0.2) is 0 Å². The Morgan fingerprint density at radius 1 is 1.36 bits per heavy atom. The molecule has 0 N–H and O–H groups in total. The summed E-state index contributed by atoms with van der Waals surface area (Å²) in [5, 5.41) is 0. The van der Waals surface area contributed by atoms with Crippen LogP contribution in [0.5, 0.6) is 0 Å². The van der Waals surface area contributed by atoms with E-state index in [1.165, 1.54) is 0 Å². The minimum atomic E-state index is -0.408. The van der Waals surface area contributed by atoms with Gasteiger partial charge in [-0.2, -0.15) is 0 Å². The van der Waals surface area contributed by atoms with Crippen molar-refractivity contribution in [3.05, 3.63) is 11.6 Å². The summed E-state index contributed by atoms with van der Waals surface area (Å²) in [6.45, 7) is 4.14. The predicted molar refractivity (Wildman–Crippen MR) is 49.5 cm³/mol. The Labute approximate surface area is 82.9 Å². The second-order valence-electron chi connectivity index (χ2n) is 2.92. The van der Waals surface area contributed by atoms with Gasteiger partial charge in [-0.05, 0) is 20.3 Å². The summed E-state index contributed by atoms with van der Waals surface area (Å²) in [5.41, 5.74) is 0.435. The maximum atomic E-state index is 11.3. The lowest BCUT2D eigenvalue weighted by atomic mass is 9.85. The highest BCUT2D eigenvalue weighted by atomic mass is 16.5. The number of hydrogen-bond acceptors (Lipinski definition) is 4. The summed E-state index contributed by atoms with van der Waals surface area (Å²) in [6.07, 6.45) is 2.28. The minimum Gasteiger partial charge on any atom is -0.466 e. The molecule has 0 spiro atoms. The number of esters is 2. The Kier molecular flexibility index (Phi) is 3.68. The summed E-state index contributed by atoms with van der Waals surface area (Å²) in [4.78, 5) is 22.5. The SMILES string of the molecule is CCOC(=O)C1=CCC1C(=O)OCC. The standard InChI is InChI=1S/C10H14O4/c1-3-13-9(11)7-5-6-8(7)10(12)14-4-2/h5,8H,3-4,6H2,1-2H3. The first-order valence-corrected chi connectivity index (χ1v) is 4.74. The molecule has 1 rings (SSSR count). The van der Waals surface area contributed by atoms with Crippen LogP contribution in [0.2, 0.25) is 0 Å². The van der Waals surface area contributed by atoms with Gasteiger partial charge in [-0.25, -0.2) is 4.79 Å². The Balaban J connectivity index is 2.50. The highest BCUT2D eigenvalue weighted by Gasteiger charge is 2.35. The molecule has 0 aromatic carbocycles. The predicted octanol–water partition coefficient (Wildman–Crippen LogP) is 1.06. The molecule has 78 valence electrons. The van der Waals surface area contributed by atoms with Crippen LogP contribution in [0.15, 0.2) is 11.6 Å². The second kappa shape index (κ2) is 4.79. The summed E-state index contributed by atoms with van der Waals surface area (Å²) < 4.78 is 9.61. The first-order chi connectivity index (χ1) is 6.70. The average Bonchev–Trinajstić information content (AvgIpc) is 2.02. The van der Waals surface area contributed by atoms with Crippen molar-refractivity contribution in [2.24, 2.45) is 5.92 Å². The van der Waals surface area contributed by atoms with Gasteiger partial charge in [0.25, 0.3) is 0 Å². The lowest BCUT2D eigenvalue weighted by molar-refractivity contribution is -0.151. The Morgan fingerprint density at radius 3 is 2.43 bits per heavy atom. The first-order valence-electron chi connectivity index (χ1n) is 4.74. The van der Waals surface area contributed by atoms with Crippen LogP contribution in [-0.4, -0.2) is 25.2 Å². The van der Waals surface area contributed by atoms with E-state index in [4.69, 9.17) is 9.47 Å². The van der Waals surface area contributed by atoms with Gasteiger partial charge in [-0.1, -0.05) is 6.08 Å². The van der Waals surface area contributed by atoms with Gasteiger partial charge in [0.1, 0.15) is 0 Å². The van der Waals surface area contributed by atoms with Crippen molar-refractivity contribution in [2.75, 3.05) is 13.2 Å². The van der Waals surface area contributed by atoms with E-state index in [2.05, 4.69) is 0 Å². The Bertz CT molecular complexity index is 267. The molecule has 1 aliphatic rings. The molecule has 4 nitrogen and oxygen atoms in total. The zero-order valence-electron chi connectivity index (χ0n) is 8.41. The van der Waals surface area contributed by atoms with Crippen LogP contribution >= 0.6 is 0 Å². The maximum Gasteiger partial charge on any atom is 0.334 e. The molecule has 1 aliphatic carbocycles. The molecule has 14 heavy (non-hydrogen) atoms. The molecule has 0 radical (unpaired) electrons. The summed E-state index contributed by atoms with van der Waals surface area (Å²) in [7, 11) is 0. The maximum absolute atomic E-state index is 11.3. The van der Waals surface area contributed by atoms with Gasteiger partial charge in [0, 0.05) is 5.57 Å². The fraction of sp³-hybridized carbons (Fsp3) is 0.600. The van der Waals surface area contributed by atoms with Gasteiger partial charge in [-0.15, -0.1) is 0 Å². The van der Waals surface area contributed by atoms with E-state index in [9.17, 15) is 9.59 Å². The second-order valence-corrected chi connectivity index (χ2v) is 2.92. The molecule has 1 atom stereocenters. The van der Waals surface area contributed by atoms with E-state index in [-0.39, 0.29) is 5.97 Å². The monoisotopic (exact) mass is 198 g/mol. The van der Waals surface area contributed by atoms with Gasteiger partial charge >= 0.3 is 11.9 Å². The number of allylic oxidation sites excluding steroid dienone is 1. The Hall–Kier alpha value is -1.32. The van der Waals surface area contributed by atoms with Gasteiger partial charge in [0.05, 0.1) is 19.1 Å². The molecule has 0 bridgehead atoms. The van der Waals surface area contributed by atoms with E-state index in [1.807, 2.05) is 0 Å². The van der Waals surface area contributed by atoms with E-state index >= 15 is 0 Å². The van der Waals surface area contributed by atoms with E-state index < -0.39 is 11.9 Å². The number of rotatable bonds is 4. The van der Waals surface area contributed by atoms with Crippen molar-refractivity contribution in [1.29, 1.82) is 0 Å². The molecular formula is C10H14O4. The number of carbonyl (C=O) groups excluding carboxylic acids is 2. The van der Waals surface area contributed by atoms with Crippen LogP contribution in [-0.2, 0) is 19.1 Å². The minimum absolute atomic E-state index is 0.325. The Morgan fingerprint density at radius 2 is 2.00 bits per heavy atom.